The first-order valence-corrected chi connectivity index (χ1v) is 10.4. The Kier molecular flexibility index (Phi) is 8.28. The Hall–Kier alpha value is -3.33. The van der Waals surface area contributed by atoms with Crippen molar-refractivity contribution in [1.82, 2.24) is 4.90 Å². The summed E-state index contributed by atoms with van der Waals surface area (Å²) in [7, 11) is 0. The van der Waals surface area contributed by atoms with E-state index in [1.807, 2.05) is 72.8 Å². The second kappa shape index (κ2) is 11.6. The van der Waals surface area contributed by atoms with Gasteiger partial charge in [-0.25, -0.2) is 4.79 Å². The minimum absolute atomic E-state index is 0.278. The van der Waals surface area contributed by atoms with Gasteiger partial charge in [0.1, 0.15) is 6.61 Å². The van der Waals surface area contributed by atoms with Crippen LogP contribution in [0.3, 0.4) is 0 Å². The smallest absolute Gasteiger partial charge is 0.410 e. The second-order valence-corrected chi connectivity index (χ2v) is 7.37. The molecule has 0 fully saturated rings. The molecule has 30 heavy (non-hydrogen) atoms. The molecule has 154 valence electrons. The number of allylic oxidation sites excluding steroid dienone is 1. The Morgan fingerprint density at radius 3 is 2.03 bits per heavy atom. The highest BCUT2D eigenvalue weighted by Gasteiger charge is 2.19. The molecule has 0 aliphatic heterocycles. The van der Waals surface area contributed by atoms with Crippen molar-refractivity contribution >= 4 is 6.09 Å². The first-order valence-electron chi connectivity index (χ1n) is 10.4. The van der Waals surface area contributed by atoms with Crippen LogP contribution in [0.2, 0.25) is 0 Å². The molecule has 0 N–H and O–H groups in total. The van der Waals surface area contributed by atoms with Gasteiger partial charge in [-0.2, -0.15) is 0 Å². The van der Waals surface area contributed by atoms with E-state index in [2.05, 4.69) is 30.8 Å². The Bertz CT molecular complexity index is 894. The molecule has 0 unspecified atom stereocenters. The zero-order chi connectivity index (χ0) is 21.0. The third-order valence-electron chi connectivity index (χ3n) is 5.15. The number of nitrogens with zero attached hydrogens (tertiary/aromatic N) is 1. The van der Waals surface area contributed by atoms with Crippen LogP contribution in [-0.4, -0.2) is 17.5 Å². The Morgan fingerprint density at radius 2 is 1.43 bits per heavy atom. The minimum Gasteiger partial charge on any atom is -0.445 e. The lowest BCUT2D eigenvalue weighted by Gasteiger charge is -2.25. The van der Waals surface area contributed by atoms with Crippen LogP contribution >= 0.6 is 0 Å². The van der Waals surface area contributed by atoms with Crippen LogP contribution in [0.15, 0.2) is 104 Å². The van der Waals surface area contributed by atoms with Gasteiger partial charge in [0, 0.05) is 13.1 Å². The van der Waals surface area contributed by atoms with Crippen LogP contribution < -0.4 is 0 Å². The molecule has 0 saturated heterocycles. The van der Waals surface area contributed by atoms with E-state index in [0.717, 1.165) is 24.0 Å². The zero-order valence-electron chi connectivity index (χ0n) is 17.3. The zero-order valence-corrected chi connectivity index (χ0v) is 17.3. The molecule has 3 aromatic carbocycles. The molecule has 3 rings (SSSR count). The van der Waals surface area contributed by atoms with Crippen molar-refractivity contribution in [2.45, 2.75) is 31.9 Å². The van der Waals surface area contributed by atoms with Crippen molar-refractivity contribution in [2.24, 2.45) is 0 Å². The van der Waals surface area contributed by atoms with Gasteiger partial charge in [0.2, 0.25) is 0 Å². The van der Waals surface area contributed by atoms with Gasteiger partial charge in [0.25, 0.3) is 0 Å². The van der Waals surface area contributed by atoms with Crippen molar-refractivity contribution in [2.75, 3.05) is 6.54 Å². The molecule has 3 nitrogen and oxygen atoms in total. The van der Waals surface area contributed by atoms with Crippen LogP contribution in [0.4, 0.5) is 4.79 Å². The summed E-state index contributed by atoms with van der Waals surface area (Å²) >= 11 is 0. The fourth-order valence-electron chi connectivity index (χ4n) is 3.51. The molecular formula is C27H29NO2. The first kappa shape index (κ1) is 21.4. The molecule has 3 heteroatoms. The molecule has 1 atom stereocenters. The van der Waals surface area contributed by atoms with Gasteiger partial charge >= 0.3 is 6.09 Å². The maximum absolute atomic E-state index is 12.9. The molecule has 0 heterocycles. The highest BCUT2D eigenvalue weighted by Crippen LogP contribution is 2.24. The summed E-state index contributed by atoms with van der Waals surface area (Å²) in [6.07, 6.45) is 3.39. The maximum Gasteiger partial charge on any atom is 0.410 e. The topological polar surface area (TPSA) is 29.5 Å². The lowest BCUT2D eigenvalue weighted by molar-refractivity contribution is 0.0924. The summed E-state index contributed by atoms with van der Waals surface area (Å²) in [6, 6.07) is 30.2. The molecular weight excluding hydrogens is 370 g/mol. The quantitative estimate of drug-likeness (QED) is 0.361. The van der Waals surface area contributed by atoms with Crippen LogP contribution in [0.1, 0.15) is 35.4 Å². The van der Waals surface area contributed by atoms with Gasteiger partial charge in [0.15, 0.2) is 0 Å². The monoisotopic (exact) mass is 399 g/mol. The van der Waals surface area contributed by atoms with E-state index in [-0.39, 0.29) is 12.7 Å². The summed E-state index contributed by atoms with van der Waals surface area (Å²) in [5.74, 6) is 0.323. The maximum atomic E-state index is 12.9. The van der Waals surface area contributed by atoms with Crippen molar-refractivity contribution < 1.29 is 9.53 Å². The average molecular weight is 400 g/mol. The number of rotatable bonds is 10. The summed E-state index contributed by atoms with van der Waals surface area (Å²) in [6.45, 7) is 5.34. The Morgan fingerprint density at radius 1 is 0.867 bits per heavy atom. The van der Waals surface area contributed by atoms with Crippen molar-refractivity contribution in [3.8, 4) is 0 Å². The summed E-state index contributed by atoms with van der Waals surface area (Å²) in [5, 5.41) is 0. The normalized spacial score (nSPS) is 11.5. The third kappa shape index (κ3) is 6.63. The number of hydrogen-bond acceptors (Lipinski definition) is 2. The van der Waals surface area contributed by atoms with Gasteiger partial charge in [-0.3, -0.25) is 0 Å². The van der Waals surface area contributed by atoms with E-state index in [0.29, 0.717) is 19.0 Å². The average Bonchev–Trinajstić information content (AvgIpc) is 2.81. The summed E-state index contributed by atoms with van der Waals surface area (Å²) in [4.78, 5) is 14.7. The number of amides is 1. The molecule has 0 aromatic heterocycles. The molecule has 0 spiro atoms. The standard InChI is InChI=1S/C27H29NO2/c1-2-12-25(26-17-10-5-11-18-26)19-20-28(21-23-13-6-3-7-14-23)27(29)30-22-24-15-8-4-9-16-24/h2-11,13-18,25H,1,12,19-22H2/t25-/m1/s1. The number of carbonyl (C=O) groups excluding carboxylic acids is 1. The van der Waals surface area contributed by atoms with Gasteiger partial charge in [-0.15, -0.1) is 6.58 Å². The van der Waals surface area contributed by atoms with E-state index < -0.39 is 0 Å². The van der Waals surface area contributed by atoms with E-state index in [1.165, 1.54) is 5.56 Å². The van der Waals surface area contributed by atoms with Gasteiger partial charge in [-0.05, 0) is 35.4 Å². The van der Waals surface area contributed by atoms with Gasteiger partial charge in [-0.1, -0.05) is 97.1 Å². The lowest BCUT2D eigenvalue weighted by atomic mass is 9.92. The Balaban J connectivity index is 1.68. The molecule has 1 amide bonds. The molecule has 0 aliphatic carbocycles. The molecule has 0 radical (unpaired) electrons. The highest BCUT2D eigenvalue weighted by molar-refractivity contribution is 5.67. The van der Waals surface area contributed by atoms with Crippen molar-refractivity contribution in [3.63, 3.8) is 0 Å². The summed E-state index contributed by atoms with van der Waals surface area (Å²) in [5.41, 5.74) is 3.35. The van der Waals surface area contributed by atoms with Crippen molar-refractivity contribution in [3.05, 3.63) is 120 Å². The largest absolute Gasteiger partial charge is 0.445 e. The lowest BCUT2D eigenvalue weighted by Crippen LogP contribution is -2.32. The fraction of sp³-hybridized carbons (Fsp3) is 0.222. The second-order valence-electron chi connectivity index (χ2n) is 7.37. The Labute approximate surface area is 179 Å². The van der Waals surface area contributed by atoms with E-state index >= 15 is 0 Å². The van der Waals surface area contributed by atoms with Crippen LogP contribution in [0.25, 0.3) is 0 Å². The number of hydrogen-bond donors (Lipinski definition) is 0. The predicted molar refractivity (Wildman–Crippen MR) is 122 cm³/mol. The van der Waals surface area contributed by atoms with Crippen LogP contribution in [-0.2, 0) is 17.9 Å². The predicted octanol–water partition coefficient (Wildman–Crippen LogP) is 6.58. The molecule has 3 aromatic rings. The third-order valence-corrected chi connectivity index (χ3v) is 5.15. The molecule has 0 bridgehead atoms. The van der Waals surface area contributed by atoms with Gasteiger partial charge in [0.05, 0.1) is 0 Å². The molecule has 0 aliphatic rings. The summed E-state index contributed by atoms with van der Waals surface area (Å²) < 4.78 is 5.63. The molecule has 0 saturated carbocycles. The SMILES string of the molecule is C=CC[C@H](CCN(Cc1ccccc1)C(=O)OCc1ccccc1)c1ccccc1. The number of ether oxygens (including phenoxy) is 1. The van der Waals surface area contributed by atoms with E-state index in [4.69, 9.17) is 4.74 Å². The van der Waals surface area contributed by atoms with Gasteiger partial charge < -0.3 is 9.64 Å². The fourth-order valence-corrected chi connectivity index (χ4v) is 3.51. The van der Waals surface area contributed by atoms with Crippen molar-refractivity contribution in [1.29, 1.82) is 0 Å². The van der Waals surface area contributed by atoms with Crippen LogP contribution in [0, 0.1) is 0 Å². The van der Waals surface area contributed by atoms with Crippen LogP contribution in [0.5, 0.6) is 0 Å². The number of carbonyl (C=O) groups is 1. The number of benzene rings is 3. The van der Waals surface area contributed by atoms with E-state index in [1.54, 1.807) is 4.90 Å². The first-order chi connectivity index (χ1) is 14.8. The minimum atomic E-state index is -0.284. The highest BCUT2D eigenvalue weighted by atomic mass is 16.6. The van der Waals surface area contributed by atoms with E-state index in [9.17, 15) is 4.79 Å².